The van der Waals surface area contributed by atoms with Crippen LogP contribution in [0.1, 0.15) is 272 Å². The van der Waals surface area contributed by atoms with E-state index < -0.39 is 6.16 Å². The third-order valence-electron chi connectivity index (χ3n) is 21.0. The first-order valence-corrected chi connectivity index (χ1v) is 30.3. The zero-order chi connectivity index (χ0) is 47.9. The molecular weight excluding hydrogens is 843 g/mol. The molecule has 0 amide bonds. The van der Waals surface area contributed by atoms with E-state index in [4.69, 9.17) is 18.9 Å². The maximum absolute atomic E-state index is 13.1. The van der Waals surface area contributed by atoms with Crippen LogP contribution in [0, 0.1) is 52.8 Å². The molecule has 0 saturated heterocycles. The number of hydrogen-bond donors (Lipinski definition) is 0. The number of unbranched alkanes of at least 4 members (excludes halogenated alkanes) is 6. The second kappa shape index (κ2) is 27.6. The summed E-state index contributed by atoms with van der Waals surface area (Å²) < 4.78 is 23.4. The number of carbonyl (C=O) groups excluding carboxylic acids is 2. The van der Waals surface area contributed by atoms with E-state index in [1.807, 2.05) is 7.11 Å². The number of methoxy groups -OCH3 is 1. The fourth-order valence-corrected chi connectivity index (χ4v) is 16.4. The lowest BCUT2D eigenvalue weighted by molar-refractivity contribution is -0.148. The average Bonchev–Trinajstić information content (AvgIpc) is 3.34. The molecule has 0 spiro atoms. The molecule has 7 saturated carbocycles. The van der Waals surface area contributed by atoms with Crippen molar-refractivity contribution in [1.29, 1.82) is 0 Å². The Morgan fingerprint density at radius 1 is 0.471 bits per heavy atom. The second-order valence-electron chi connectivity index (χ2n) is 25.8. The molecule has 0 aliphatic heterocycles. The minimum atomic E-state index is -0.424. The summed E-state index contributed by atoms with van der Waals surface area (Å²) in [6, 6.07) is 2.64. The molecule has 7 nitrogen and oxygen atoms in total. The van der Waals surface area contributed by atoms with Crippen LogP contribution in [0.4, 0.5) is 4.79 Å². The molecule has 0 aromatic heterocycles. The summed E-state index contributed by atoms with van der Waals surface area (Å²) in [7, 11) is 1.90. The molecule has 0 bridgehead atoms. The van der Waals surface area contributed by atoms with Crippen LogP contribution in [0.25, 0.3) is 0 Å². The van der Waals surface area contributed by atoms with E-state index in [0.717, 1.165) is 118 Å². The molecule has 1 atom stereocenters. The second-order valence-corrected chi connectivity index (χ2v) is 25.8. The van der Waals surface area contributed by atoms with Crippen LogP contribution in [-0.2, 0) is 23.7 Å². The summed E-state index contributed by atoms with van der Waals surface area (Å²) in [6.45, 7) is 11.4. The average molecular weight is 951 g/mol. The van der Waals surface area contributed by atoms with Gasteiger partial charge in [-0.1, -0.05) is 79.1 Å². The van der Waals surface area contributed by atoms with Gasteiger partial charge in [-0.15, -0.1) is 0 Å². The Balaban J connectivity index is 0.751. The highest BCUT2D eigenvalue weighted by Crippen LogP contribution is 2.50. The first-order chi connectivity index (χ1) is 32.9. The van der Waals surface area contributed by atoms with E-state index in [1.54, 1.807) is 0 Å². The van der Waals surface area contributed by atoms with Crippen molar-refractivity contribution < 1.29 is 28.5 Å². The fourth-order valence-electron chi connectivity index (χ4n) is 16.4. The van der Waals surface area contributed by atoms with Gasteiger partial charge >= 0.3 is 12.1 Å². The highest BCUT2D eigenvalue weighted by Gasteiger charge is 2.43. The maximum Gasteiger partial charge on any atom is 0.508 e. The van der Waals surface area contributed by atoms with Gasteiger partial charge in [0.05, 0.1) is 6.10 Å². The molecule has 7 fully saturated rings. The Morgan fingerprint density at radius 2 is 0.853 bits per heavy atom. The molecule has 0 aromatic rings. The summed E-state index contributed by atoms with van der Waals surface area (Å²) in [5.41, 5.74) is 0.245. The number of carbonyl (C=O) groups is 2. The maximum atomic E-state index is 13.1. The van der Waals surface area contributed by atoms with Crippen molar-refractivity contribution in [2.24, 2.45) is 52.8 Å². The molecular formula is C61H107NO6. The fraction of sp³-hybridized carbons (Fsp3) is 0.967. The minimum absolute atomic E-state index is 0.00654. The van der Waals surface area contributed by atoms with Crippen molar-refractivity contribution in [2.45, 2.75) is 315 Å². The first-order valence-electron chi connectivity index (χ1n) is 30.3. The number of rotatable bonds is 21. The molecule has 0 heterocycles. The van der Waals surface area contributed by atoms with Crippen LogP contribution >= 0.6 is 0 Å². The van der Waals surface area contributed by atoms with Crippen molar-refractivity contribution in [1.82, 2.24) is 4.90 Å². The predicted octanol–water partition coefficient (Wildman–Crippen LogP) is 16.8. The Hall–Kier alpha value is -1.34. The third-order valence-corrected chi connectivity index (χ3v) is 21.0. The van der Waals surface area contributed by atoms with Gasteiger partial charge in [-0.05, 0) is 239 Å². The van der Waals surface area contributed by atoms with Gasteiger partial charge in [0.1, 0.15) is 18.3 Å². The Morgan fingerprint density at radius 3 is 1.29 bits per heavy atom. The van der Waals surface area contributed by atoms with Gasteiger partial charge in [-0.3, -0.25) is 9.69 Å². The normalized spacial score (nSPS) is 37.0. The number of ether oxygens (including phenoxy) is 4. The van der Waals surface area contributed by atoms with Crippen molar-refractivity contribution >= 4 is 12.1 Å². The molecule has 392 valence electrons. The summed E-state index contributed by atoms with van der Waals surface area (Å²) in [5.74, 6) is 6.42. The standard InChI is InChI=1S/C61H107NO6/c1-44-16-30-52(31-17-44)62(53-32-18-45(2)19-33-53)54-34-20-47(21-35-54)14-12-10-8-7-9-11-13-15-59(48-22-36-55(65-6)37-23-48)49-24-38-57(39-25-49)67-60(64)68-58-42-28-51(29-43-58)61(4,5)50-26-40-56(41-27-50)66-46(3)63/h44-45,47-59H,7-43H2,1-6H3. The number of hydrogen-bond acceptors (Lipinski definition) is 7. The summed E-state index contributed by atoms with van der Waals surface area (Å²) in [6.07, 6.45) is 48.3. The zero-order valence-corrected chi connectivity index (χ0v) is 45.2. The highest BCUT2D eigenvalue weighted by molar-refractivity contribution is 5.66. The molecule has 68 heavy (non-hydrogen) atoms. The van der Waals surface area contributed by atoms with Gasteiger partial charge in [-0.25, -0.2) is 4.79 Å². The molecule has 7 aliphatic rings. The summed E-state index contributed by atoms with van der Waals surface area (Å²) in [5, 5.41) is 0. The van der Waals surface area contributed by atoms with Gasteiger partial charge in [0.15, 0.2) is 0 Å². The predicted molar refractivity (Wildman–Crippen MR) is 279 cm³/mol. The van der Waals surface area contributed by atoms with Gasteiger partial charge in [-0.2, -0.15) is 0 Å². The van der Waals surface area contributed by atoms with Crippen LogP contribution in [0.5, 0.6) is 0 Å². The van der Waals surface area contributed by atoms with E-state index in [1.165, 1.54) is 180 Å². The van der Waals surface area contributed by atoms with Crippen molar-refractivity contribution in [3.8, 4) is 0 Å². The lowest BCUT2D eigenvalue weighted by atomic mass is 9.60. The monoisotopic (exact) mass is 950 g/mol. The van der Waals surface area contributed by atoms with E-state index >= 15 is 0 Å². The van der Waals surface area contributed by atoms with Gasteiger partial charge < -0.3 is 18.9 Å². The van der Waals surface area contributed by atoms with E-state index in [0.29, 0.717) is 17.9 Å². The van der Waals surface area contributed by atoms with Gasteiger partial charge in [0.25, 0.3) is 0 Å². The molecule has 0 aromatic carbocycles. The smallest absolute Gasteiger partial charge is 0.463 e. The summed E-state index contributed by atoms with van der Waals surface area (Å²) in [4.78, 5) is 27.8. The quantitative estimate of drug-likeness (QED) is 0.0838. The van der Waals surface area contributed by atoms with E-state index in [2.05, 4.69) is 32.6 Å². The van der Waals surface area contributed by atoms with Gasteiger partial charge in [0, 0.05) is 32.2 Å². The summed E-state index contributed by atoms with van der Waals surface area (Å²) >= 11 is 0. The van der Waals surface area contributed by atoms with Crippen molar-refractivity contribution in [2.75, 3.05) is 7.11 Å². The SMILES string of the molecule is COC1CCC(C(CCCCCCCCCC2CCC(N(C3CCC(C)CC3)C3CCC(C)CC3)CC2)C2CCC(OC(=O)OC3CCC(C(C)(C)C4CCC(OC(C)=O)CC4)CC3)CC2)CC1. The zero-order valence-electron chi connectivity index (χ0n) is 45.2. The molecule has 7 aliphatic carbocycles. The lowest BCUT2D eigenvalue weighted by Crippen LogP contribution is -2.52. The molecule has 0 radical (unpaired) electrons. The van der Waals surface area contributed by atoms with Crippen molar-refractivity contribution in [3.05, 3.63) is 0 Å². The minimum Gasteiger partial charge on any atom is -0.463 e. The van der Waals surface area contributed by atoms with Crippen LogP contribution < -0.4 is 0 Å². The largest absolute Gasteiger partial charge is 0.508 e. The Labute approximate surface area is 418 Å². The molecule has 7 heteroatoms. The van der Waals surface area contributed by atoms with Gasteiger partial charge in [0.2, 0.25) is 0 Å². The lowest BCUT2D eigenvalue weighted by Gasteiger charge is -2.49. The van der Waals surface area contributed by atoms with Crippen LogP contribution in [-0.4, -0.2) is 66.7 Å². The number of esters is 1. The van der Waals surface area contributed by atoms with Crippen LogP contribution in [0.2, 0.25) is 0 Å². The highest BCUT2D eigenvalue weighted by atomic mass is 16.7. The van der Waals surface area contributed by atoms with E-state index in [9.17, 15) is 9.59 Å². The van der Waals surface area contributed by atoms with Crippen LogP contribution in [0.3, 0.4) is 0 Å². The van der Waals surface area contributed by atoms with Crippen molar-refractivity contribution in [3.63, 3.8) is 0 Å². The Kier molecular flexibility index (Phi) is 22.1. The topological polar surface area (TPSA) is 74.3 Å². The first kappa shape index (κ1) is 54.4. The molecule has 1 unspecified atom stereocenters. The molecule has 0 N–H and O–H groups in total. The molecule has 7 rings (SSSR count). The number of nitrogens with zero attached hydrogens (tertiary/aromatic N) is 1. The van der Waals surface area contributed by atoms with E-state index in [-0.39, 0.29) is 29.7 Å². The van der Waals surface area contributed by atoms with Crippen LogP contribution in [0.15, 0.2) is 0 Å². The Bertz CT molecular complexity index is 1390. The third kappa shape index (κ3) is 16.3.